The van der Waals surface area contributed by atoms with Crippen LogP contribution in [0.3, 0.4) is 0 Å². The maximum atomic E-state index is 11.8. The summed E-state index contributed by atoms with van der Waals surface area (Å²) in [6.45, 7) is 1.46. The highest BCUT2D eigenvalue weighted by Gasteiger charge is 2.16. The summed E-state index contributed by atoms with van der Waals surface area (Å²) in [5, 5.41) is 8.86. The highest BCUT2D eigenvalue weighted by atomic mass is 32.1. The Bertz CT molecular complexity index is 972. The van der Waals surface area contributed by atoms with Crippen LogP contribution < -0.4 is 21.3 Å². The van der Waals surface area contributed by atoms with Gasteiger partial charge in [0.1, 0.15) is 5.82 Å². The molecule has 7 nitrogen and oxygen atoms in total. The first-order valence-electron chi connectivity index (χ1n) is 8.16. The van der Waals surface area contributed by atoms with Crippen LogP contribution in [-0.4, -0.2) is 23.8 Å². The number of carbonyl (C=O) groups is 2. The van der Waals surface area contributed by atoms with E-state index < -0.39 is 5.91 Å². The summed E-state index contributed by atoms with van der Waals surface area (Å²) >= 11 is 1.56. The third-order valence-electron chi connectivity index (χ3n) is 3.80. The average Bonchev–Trinajstić information content (AvgIpc) is 3.15. The molecule has 0 aliphatic rings. The molecule has 138 valence electrons. The lowest BCUT2D eigenvalue weighted by Crippen LogP contribution is -2.18. The first kappa shape index (κ1) is 18.4. The zero-order valence-corrected chi connectivity index (χ0v) is 15.7. The van der Waals surface area contributed by atoms with Crippen molar-refractivity contribution in [3.63, 3.8) is 0 Å². The molecule has 0 aliphatic heterocycles. The second-order valence-corrected chi connectivity index (χ2v) is 6.77. The van der Waals surface area contributed by atoms with Gasteiger partial charge in [-0.1, -0.05) is 6.07 Å². The number of nitrogens with two attached hydrogens (primary N) is 1. The van der Waals surface area contributed by atoms with E-state index in [1.807, 2.05) is 41.6 Å². The number of hydrogen-bond acceptors (Lipinski definition) is 6. The smallest absolute Gasteiger partial charge is 0.252 e. The van der Waals surface area contributed by atoms with E-state index in [0.717, 1.165) is 10.7 Å². The van der Waals surface area contributed by atoms with Crippen molar-refractivity contribution >= 4 is 51.0 Å². The van der Waals surface area contributed by atoms with Crippen molar-refractivity contribution in [2.75, 3.05) is 22.6 Å². The number of thiophene rings is 1. The van der Waals surface area contributed by atoms with Gasteiger partial charge in [-0.15, -0.1) is 11.3 Å². The minimum absolute atomic E-state index is 0.143. The van der Waals surface area contributed by atoms with Crippen molar-refractivity contribution in [3.05, 3.63) is 59.6 Å². The van der Waals surface area contributed by atoms with Gasteiger partial charge in [0.2, 0.25) is 5.91 Å². The lowest BCUT2D eigenvalue weighted by atomic mass is 10.2. The molecule has 2 aromatic heterocycles. The van der Waals surface area contributed by atoms with Crippen LogP contribution in [0, 0.1) is 0 Å². The van der Waals surface area contributed by atoms with Gasteiger partial charge in [-0.2, -0.15) is 0 Å². The minimum atomic E-state index is -0.542. The van der Waals surface area contributed by atoms with Crippen molar-refractivity contribution in [2.24, 2.45) is 5.73 Å². The highest BCUT2D eigenvalue weighted by Crippen LogP contribution is 2.32. The topological polar surface area (TPSA) is 100 Å². The molecule has 0 saturated heterocycles. The summed E-state index contributed by atoms with van der Waals surface area (Å²) in [6.07, 6.45) is 1.46. The van der Waals surface area contributed by atoms with E-state index in [9.17, 15) is 9.59 Å². The van der Waals surface area contributed by atoms with Crippen LogP contribution in [0.5, 0.6) is 0 Å². The molecule has 3 rings (SSSR count). The van der Waals surface area contributed by atoms with E-state index in [4.69, 9.17) is 5.73 Å². The molecule has 0 unspecified atom stereocenters. The number of nitrogens with one attached hydrogen (secondary N) is 2. The molecular formula is C19H19N5O2S. The Balaban J connectivity index is 1.92. The van der Waals surface area contributed by atoms with Gasteiger partial charge >= 0.3 is 0 Å². The summed E-state index contributed by atoms with van der Waals surface area (Å²) in [5.74, 6) is -0.130. The Kier molecular flexibility index (Phi) is 5.37. The SMILES string of the molecule is CC(=O)Nc1cccc(Nc2cc(N(C)c3cccs3)c(C(N)=O)cn2)c1. The van der Waals surface area contributed by atoms with Crippen LogP contribution in [0.2, 0.25) is 0 Å². The fourth-order valence-corrected chi connectivity index (χ4v) is 3.30. The Morgan fingerprint density at radius 2 is 1.93 bits per heavy atom. The van der Waals surface area contributed by atoms with E-state index in [0.29, 0.717) is 22.8 Å². The van der Waals surface area contributed by atoms with E-state index in [1.54, 1.807) is 29.5 Å². The van der Waals surface area contributed by atoms with Gasteiger partial charge in [0.05, 0.1) is 16.3 Å². The zero-order chi connectivity index (χ0) is 19.4. The molecular weight excluding hydrogens is 362 g/mol. The van der Waals surface area contributed by atoms with Crippen molar-refractivity contribution < 1.29 is 9.59 Å². The van der Waals surface area contributed by atoms with Crippen LogP contribution >= 0.6 is 11.3 Å². The third kappa shape index (κ3) is 4.42. The predicted octanol–water partition coefficient (Wildman–Crippen LogP) is 3.71. The molecule has 0 aliphatic carbocycles. The number of pyridine rings is 1. The molecule has 0 saturated carbocycles. The molecule has 8 heteroatoms. The number of carbonyl (C=O) groups excluding carboxylic acids is 2. The largest absolute Gasteiger partial charge is 0.365 e. The molecule has 0 fully saturated rings. The third-order valence-corrected chi connectivity index (χ3v) is 4.75. The van der Waals surface area contributed by atoms with Gasteiger partial charge in [0.15, 0.2) is 0 Å². The molecule has 0 radical (unpaired) electrons. The number of hydrogen-bond donors (Lipinski definition) is 3. The maximum absolute atomic E-state index is 11.8. The molecule has 0 spiro atoms. The summed E-state index contributed by atoms with van der Waals surface area (Å²) in [6, 6.07) is 12.9. The number of rotatable bonds is 6. The van der Waals surface area contributed by atoms with Crippen LogP contribution in [0.25, 0.3) is 0 Å². The Labute approximate surface area is 160 Å². The first-order chi connectivity index (χ1) is 12.9. The molecule has 27 heavy (non-hydrogen) atoms. The molecule has 3 aromatic rings. The summed E-state index contributed by atoms with van der Waals surface area (Å²) in [7, 11) is 1.87. The van der Waals surface area contributed by atoms with Crippen LogP contribution in [-0.2, 0) is 4.79 Å². The predicted molar refractivity (Wildman–Crippen MR) is 109 cm³/mol. The van der Waals surface area contributed by atoms with Crippen molar-refractivity contribution in [1.82, 2.24) is 4.98 Å². The summed E-state index contributed by atoms with van der Waals surface area (Å²) in [4.78, 5) is 29.2. The molecule has 1 aromatic carbocycles. The van der Waals surface area contributed by atoms with Gasteiger partial charge < -0.3 is 21.3 Å². The number of amides is 2. The normalized spacial score (nSPS) is 10.3. The van der Waals surface area contributed by atoms with Crippen molar-refractivity contribution in [3.8, 4) is 0 Å². The minimum Gasteiger partial charge on any atom is -0.365 e. The second-order valence-electron chi connectivity index (χ2n) is 5.85. The van der Waals surface area contributed by atoms with Gasteiger partial charge in [-0.25, -0.2) is 4.98 Å². The van der Waals surface area contributed by atoms with Crippen LogP contribution in [0.4, 0.5) is 27.9 Å². The van der Waals surface area contributed by atoms with E-state index in [2.05, 4.69) is 15.6 Å². The number of benzene rings is 1. The Morgan fingerprint density at radius 1 is 1.15 bits per heavy atom. The van der Waals surface area contributed by atoms with E-state index >= 15 is 0 Å². The lowest BCUT2D eigenvalue weighted by molar-refractivity contribution is -0.114. The molecule has 0 bridgehead atoms. The molecule has 4 N–H and O–H groups in total. The lowest BCUT2D eigenvalue weighted by Gasteiger charge is -2.20. The monoisotopic (exact) mass is 381 g/mol. The fourth-order valence-electron chi connectivity index (χ4n) is 2.59. The van der Waals surface area contributed by atoms with Crippen LogP contribution in [0.1, 0.15) is 17.3 Å². The standard InChI is InChI=1S/C19H19N5O2S/c1-12(25)22-13-5-3-6-14(9-13)23-17-10-16(15(11-21-17)19(20)26)24(2)18-7-4-8-27-18/h3-11H,1-2H3,(H2,20,26)(H,21,23)(H,22,25). The van der Waals surface area contributed by atoms with Gasteiger partial charge in [-0.05, 0) is 35.7 Å². The highest BCUT2D eigenvalue weighted by molar-refractivity contribution is 7.14. The number of nitrogens with zero attached hydrogens (tertiary/aromatic N) is 2. The number of primary amides is 1. The van der Waals surface area contributed by atoms with E-state index in [1.165, 1.54) is 13.1 Å². The number of anilines is 5. The zero-order valence-electron chi connectivity index (χ0n) is 14.9. The summed E-state index contributed by atoms with van der Waals surface area (Å²) < 4.78 is 0. The molecule has 2 amide bonds. The Morgan fingerprint density at radius 3 is 2.59 bits per heavy atom. The number of aromatic nitrogens is 1. The van der Waals surface area contributed by atoms with E-state index in [-0.39, 0.29) is 5.91 Å². The second kappa shape index (κ2) is 7.88. The first-order valence-corrected chi connectivity index (χ1v) is 9.04. The summed E-state index contributed by atoms with van der Waals surface area (Å²) in [5.41, 5.74) is 7.93. The Hall–Kier alpha value is -3.39. The maximum Gasteiger partial charge on any atom is 0.252 e. The van der Waals surface area contributed by atoms with Gasteiger partial charge in [0.25, 0.3) is 5.91 Å². The van der Waals surface area contributed by atoms with Gasteiger partial charge in [0, 0.05) is 37.6 Å². The van der Waals surface area contributed by atoms with Crippen LogP contribution in [0.15, 0.2) is 54.0 Å². The average molecular weight is 381 g/mol. The quantitative estimate of drug-likeness (QED) is 0.604. The molecule has 2 heterocycles. The van der Waals surface area contributed by atoms with Crippen molar-refractivity contribution in [2.45, 2.75) is 6.92 Å². The fraction of sp³-hybridized carbons (Fsp3) is 0.105. The van der Waals surface area contributed by atoms with Crippen molar-refractivity contribution in [1.29, 1.82) is 0 Å². The van der Waals surface area contributed by atoms with Gasteiger partial charge in [-0.3, -0.25) is 9.59 Å². The molecule has 0 atom stereocenters.